The van der Waals surface area contributed by atoms with E-state index in [-0.39, 0.29) is 54.3 Å². The van der Waals surface area contributed by atoms with Crippen molar-refractivity contribution in [1.29, 1.82) is 0 Å². The van der Waals surface area contributed by atoms with E-state index >= 15 is 4.39 Å². The quantitative estimate of drug-likeness (QED) is 0.312. The van der Waals surface area contributed by atoms with Gasteiger partial charge in [-0.25, -0.2) is 13.8 Å². The summed E-state index contributed by atoms with van der Waals surface area (Å²) in [5.41, 5.74) is 1.17. The molecule has 4 atom stereocenters. The van der Waals surface area contributed by atoms with Gasteiger partial charge in [-0.15, -0.1) is 0 Å². The Morgan fingerprint density at radius 2 is 2.05 bits per heavy atom. The lowest BCUT2D eigenvalue weighted by molar-refractivity contribution is 0.107. The van der Waals surface area contributed by atoms with E-state index in [0.29, 0.717) is 36.3 Å². The van der Waals surface area contributed by atoms with Crippen molar-refractivity contribution in [2.24, 2.45) is 0 Å². The normalized spacial score (nSPS) is 26.2. The summed E-state index contributed by atoms with van der Waals surface area (Å²) in [7, 11) is 0. The van der Waals surface area contributed by atoms with Gasteiger partial charge < -0.3 is 19.5 Å². The molecular weight excluding hydrogens is 566 g/mol. The van der Waals surface area contributed by atoms with Crippen molar-refractivity contribution < 1.29 is 23.4 Å². The van der Waals surface area contributed by atoms with Gasteiger partial charge in [-0.3, -0.25) is 10.2 Å². The monoisotopic (exact) mass is 602 g/mol. The summed E-state index contributed by atoms with van der Waals surface area (Å²) in [5.74, 6) is 0.125. The van der Waals surface area contributed by atoms with Crippen molar-refractivity contribution in [2.45, 2.75) is 69.9 Å². The Kier molecular flexibility index (Phi) is 6.53. The summed E-state index contributed by atoms with van der Waals surface area (Å²) < 4.78 is 44.0. The van der Waals surface area contributed by atoms with Crippen LogP contribution in [0.25, 0.3) is 32.9 Å². The summed E-state index contributed by atoms with van der Waals surface area (Å²) in [6.45, 7) is 6.60. The number of hydrogen-bond acceptors (Lipinski definition) is 9. The van der Waals surface area contributed by atoms with Crippen LogP contribution in [0.15, 0.2) is 30.3 Å². The van der Waals surface area contributed by atoms with Crippen molar-refractivity contribution >= 4 is 27.5 Å². The third kappa shape index (κ3) is 4.27. The highest BCUT2D eigenvalue weighted by molar-refractivity contribution is 6.03. The third-order valence-electron chi connectivity index (χ3n) is 9.99. The van der Waals surface area contributed by atoms with E-state index in [2.05, 4.69) is 27.0 Å². The second-order valence-corrected chi connectivity index (χ2v) is 12.6. The molecule has 0 radical (unpaired) electrons. The molecule has 0 spiro atoms. The molecule has 9 nitrogen and oxygen atoms in total. The molecule has 0 bridgehead atoms. The molecule has 2 aromatic heterocycles. The van der Waals surface area contributed by atoms with Crippen molar-refractivity contribution in [3.63, 3.8) is 0 Å². The lowest BCUT2D eigenvalue weighted by Crippen LogP contribution is -2.43. The Hall–Kier alpha value is -3.83. The van der Waals surface area contributed by atoms with Crippen LogP contribution >= 0.6 is 0 Å². The zero-order chi connectivity index (χ0) is 30.2. The molecule has 2 aromatic carbocycles. The van der Waals surface area contributed by atoms with E-state index in [1.165, 1.54) is 0 Å². The number of anilines is 1. The van der Waals surface area contributed by atoms with Gasteiger partial charge in [0.15, 0.2) is 11.6 Å². The Labute approximate surface area is 254 Å². The van der Waals surface area contributed by atoms with Gasteiger partial charge in [-0.1, -0.05) is 32.0 Å². The van der Waals surface area contributed by atoms with Gasteiger partial charge in [-0.05, 0) is 60.7 Å². The summed E-state index contributed by atoms with van der Waals surface area (Å²) in [6, 6.07) is 9.32. The molecule has 8 rings (SSSR count). The first kappa shape index (κ1) is 27.7. The Morgan fingerprint density at radius 1 is 1.16 bits per heavy atom. The number of aromatic nitrogens is 3. The van der Waals surface area contributed by atoms with Crippen LogP contribution < -0.4 is 19.7 Å². The second-order valence-electron chi connectivity index (χ2n) is 12.6. The fourth-order valence-corrected chi connectivity index (χ4v) is 7.83. The molecule has 4 aromatic rings. The molecule has 0 aliphatic carbocycles. The van der Waals surface area contributed by atoms with Gasteiger partial charge in [0.25, 0.3) is 0 Å². The van der Waals surface area contributed by atoms with Crippen LogP contribution in [-0.2, 0) is 6.42 Å². The van der Waals surface area contributed by atoms with Gasteiger partial charge in [0.1, 0.15) is 47.9 Å². The minimum absolute atomic E-state index is 0.0137. The van der Waals surface area contributed by atoms with E-state index in [9.17, 15) is 9.50 Å². The second kappa shape index (κ2) is 10.4. The van der Waals surface area contributed by atoms with Gasteiger partial charge >= 0.3 is 6.01 Å². The fourth-order valence-electron chi connectivity index (χ4n) is 7.83. The summed E-state index contributed by atoms with van der Waals surface area (Å²) in [5, 5.41) is 16.3. The number of phenolic OH excluding ortho intramolecular Hbond substituents is 1. The average Bonchev–Trinajstić information content (AvgIpc) is 3.67. The number of benzene rings is 2. The maximum atomic E-state index is 16.9. The standard InChI is InChI=1S/C33H36F2N6O3/c1-3-18-7-5-8-19-11-22(42)12-23(25(18)19)28-27(35)29-26-30(41-15-21(4-2)36-24(41)16-43-31(26)37-28)39-32(38-29)44-17-33-9-6-10-40(33)14-20(34)13-33/h5,7-8,11-12,20-21,24,36,42H,3-4,6,9-10,13-17H2,1-2H3/t20-,21?,24+,33+/m1/s1. The molecule has 6 heterocycles. The van der Waals surface area contributed by atoms with Crippen molar-refractivity contribution in [1.82, 2.24) is 25.2 Å². The van der Waals surface area contributed by atoms with E-state index in [0.717, 1.165) is 48.6 Å². The predicted octanol–water partition coefficient (Wildman–Crippen LogP) is 5.11. The Morgan fingerprint density at radius 3 is 2.89 bits per heavy atom. The molecule has 3 saturated heterocycles. The van der Waals surface area contributed by atoms with Crippen LogP contribution in [-0.4, -0.2) is 81.7 Å². The van der Waals surface area contributed by atoms with E-state index < -0.39 is 17.5 Å². The molecule has 4 aliphatic rings. The van der Waals surface area contributed by atoms with Crippen molar-refractivity contribution in [3.8, 4) is 28.9 Å². The van der Waals surface area contributed by atoms with Crippen LogP contribution in [0.3, 0.4) is 0 Å². The van der Waals surface area contributed by atoms with Crippen molar-refractivity contribution in [3.05, 3.63) is 41.7 Å². The smallest absolute Gasteiger partial charge is 0.319 e. The number of aryl methyl sites for hydroxylation is 1. The molecule has 44 heavy (non-hydrogen) atoms. The zero-order valence-electron chi connectivity index (χ0n) is 24.9. The molecule has 4 aliphatic heterocycles. The van der Waals surface area contributed by atoms with Crippen molar-refractivity contribution in [2.75, 3.05) is 37.7 Å². The van der Waals surface area contributed by atoms with Crippen LogP contribution in [0, 0.1) is 5.82 Å². The SMILES string of the molecule is CCc1cccc2cc(O)cc(-c3nc4c5c(nc(OC[C@@]67CCCN6C[C@H](F)C7)nc5c3F)N3CC(CC)N[C@@H]3CO4)c12. The number of hydrogen-bond donors (Lipinski definition) is 2. The lowest BCUT2D eigenvalue weighted by Gasteiger charge is -2.31. The highest BCUT2D eigenvalue weighted by atomic mass is 19.1. The summed E-state index contributed by atoms with van der Waals surface area (Å²) >= 11 is 0. The highest BCUT2D eigenvalue weighted by Gasteiger charge is 2.49. The van der Waals surface area contributed by atoms with E-state index in [1.807, 2.05) is 25.1 Å². The number of rotatable bonds is 6. The number of pyridine rings is 1. The van der Waals surface area contributed by atoms with Gasteiger partial charge in [0.2, 0.25) is 5.88 Å². The molecule has 230 valence electrons. The van der Waals surface area contributed by atoms with Gasteiger partial charge in [0, 0.05) is 31.1 Å². The maximum Gasteiger partial charge on any atom is 0.319 e. The van der Waals surface area contributed by atoms with Crippen LogP contribution in [0.1, 0.15) is 45.1 Å². The number of nitrogens with one attached hydrogen (secondary N) is 1. The summed E-state index contributed by atoms with van der Waals surface area (Å²) in [4.78, 5) is 18.5. The van der Waals surface area contributed by atoms with E-state index in [4.69, 9.17) is 19.4 Å². The van der Waals surface area contributed by atoms with Crippen LogP contribution in [0.2, 0.25) is 0 Å². The predicted molar refractivity (Wildman–Crippen MR) is 164 cm³/mol. The number of aromatic hydroxyl groups is 1. The molecule has 0 amide bonds. The van der Waals surface area contributed by atoms with E-state index in [1.54, 1.807) is 12.1 Å². The number of phenols is 1. The molecule has 2 N–H and O–H groups in total. The third-order valence-corrected chi connectivity index (χ3v) is 9.99. The Balaban J connectivity index is 1.31. The topological polar surface area (TPSA) is 95.9 Å². The average molecular weight is 603 g/mol. The number of alkyl halides is 1. The van der Waals surface area contributed by atoms with Gasteiger partial charge in [0.05, 0.1) is 5.54 Å². The number of halogens is 2. The number of fused-ring (bicyclic) bond motifs is 4. The van der Waals surface area contributed by atoms with Crippen LogP contribution in [0.5, 0.6) is 17.6 Å². The molecule has 0 saturated carbocycles. The molecule has 11 heteroatoms. The minimum atomic E-state index is -0.889. The molecule has 3 fully saturated rings. The Bertz CT molecular complexity index is 1790. The minimum Gasteiger partial charge on any atom is -0.508 e. The number of ether oxygens (including phenoxy) is 2. The first-order valence-corrected chi connectivity index (χ1v) is 15.7. The largest absolute Gasteiger partial charge is 0.508 e. The van der Waals surface area contributed by atoms with Gasteiger partial charge in [-0.2, -0.15) is 9.97 Å². The zero-order valence-corrected chi connectivity index (χ0v) is 24.9. The first-order valence-electron chi connectivity index (χ1n) is 15.7. The number of nitrogens with zero attached hydrogens (tertiary/aromatic N) is 5. The summed E-state index contributed by atoms with van der Waals surface area (Å²) in [6.07, 6.45) is 2.79. The first-order chi connectivity index (χ1) is 21.4. The fraction of sp³-hybridized carbons (Fsp3) is 0.485. The van der Waals surface area contributed by atoms with Crippen LogP contribution in [0.4, 0.5) is 14.6 Å². The highest BCUT2D eigenvalue weighted by Crippen LogP contribution is 2.44. The molecular formula is C33H36F2N6O3. The lowest BCUT2D eigenvalue weighted by atomic mass is 9.95. The maximum absolute atomic E-state index is 16.9. The molecule has 1 unspecified atom stereocenters.